The Balaban J connectivity index is 2.58. The number of hydrogen-bond acceptors (Lipinski definition) is 3. The lowest BCUT2D eigenvalue weighted by atomic mass is 10.0. The predicted molar refractivity (Wildman–Crippen MR) is 66.0 cm³/mol. The molecule has 0 aliphatic rings. The standard InChI is InChI=1S/C13H12N2O/c1-3-13-7-12-6-10(9(2)15-16)4-5-11(12)8-14-13/h3-9H,1H2,2H3/t9-/m1/s1. The van der Waals surface area contributed by atoms with E-state index >= 15 is 0 Å². The fourth-order valence-corrected chi connectivity index (χ4v) is 1.61. The first-order chi connectivity index (χ1) is 7.74. The fourth-order valence-electron chi connectivity index (χ4n) is 1.61. The summed E-state index contributed by atoms with van der Waals surface area (Å²) in [5, 5.41) is 5.12. The summed E-state index contributed by atoms with van der Waals surface area (Å²) in [4.78, 5) is 14.7. The molecule has 0 fully saturated rings. The van der Waals surface area contributed by atoms with Crippen LogP contribution in [0.5, 0.6) is 0 Å². The molecule has 1 atom stereocenters. The summed E-state index contributed by atoms with van der Waals surface area (Å²) in [6, 6.07) is 7.46. The van der Waals surface area contributed by atoms with Gasteiger partial charge >= 0.3 is 0 Å². The molecule has 0 spiro atoms. The molecule has 2 rings (SSSR count). The zero-order valence-electron chi connectivity index (χ0n) is 9.05. The lowest BCUT2D eigenvalue weighted by Gasteiger charge is -2.05. The molecule has 3 nitrogen and oxygen atoms in total. The number of nitroso groups, excluding NO2 is 1. The molecule has 0 radical (unpaired) electrons. The van der Waals surface area contributed by atoms with Crippen LogP contribution in [0.3, 0.4) is 0 Å². The molecule has 0 saturated heterocycles. The zero-order valence-corrected chi connectivity index (χ0v) is 9.05. The first-order valence-corrected chi connectivity index (χ1v) is 5.09. The number of nitrogens with zero attached hydrogens (tertiary/aromatic N) is 2. The molecule has 0 unspecified atom stereocenters. The maximum absolute atomic E-state index is 10.5. The summed E-state index contributed by atoms with van der Waals surface area (Å²) >= 11 is 0. The second kappa shape index (κ2) is 4.23. The first kappa shape index (κ1) is 10.5. The molecule has 0 bridgehead atoms. The molecule has 0 N–H and O–H groups in total. The maximum atomic E-state index is 10.5. The summed E-state index contributed by atoms with van der Waals surface area (Å²) < 4.78 is 0. The summed E-state index contributed by atoms with van der Waals surface area (Å²) in [5.74, 6) is 0. The van der Waals surface area contributed by atoms with Gasteiger partial charge in [-0.15, -0.1) is 0 Å². The van der Waals surface area contributed by atoms with Gasteiger partial charge in [-0.1, -0.05) is 23.9 Å². The third-order valence-corrected chi connectivity index (χ3v) is 2.62. The van der Waals surface area contributed by atoms with Crippen molar-refractivity contribution in [2.45, 2.75) is 13.0 Å². The van der Waals surface area contributed by atoms with E-state index in [1.165, 1.54) is 0 Å². The van der Waals surface area contributed by atoms with Crippen LogP contribution in [0.2, 0.25) is 0 Å². The Labute approximate surface area is 93.8 Å². The maximum Gasteiger partial charge on any atom is 0.114 e. The Morgan fingerprint density at radius 1 is 1.38 bits per heavy atom. The molecule has 1 heterocycles. The van der Waals surface area contributed by atoms with Crippen molar-refractivity contribution < 1.29 is 0 Å². The highest BCUT2D eigenvalue weighted by Crippen LogP contribution is 2.22. The zero-order chi connectivity index (χ0) is 11.5. The molecule has 0 saturated carbocycles. The van der Waals surface area contributed by atoms with Gasteiger partial charge < -0.3 is 0 Å². The van der Waals surface area contributed by atoms with Crippen LogP contribution in [0.25, 0.3) is 16.8 Å². The lowest BCUT2D eigenvalue weighted by Crippen LogP contribution is -1.89. The van der Waals surface area contributed by atoms with Gasteiger partial charge in [-0.3, -0.25) is 4.98 Å². The normalized spacial score (nSPS) is 12.3. The van der Waals surface area contributed by atoms with Crippen molar-refractivity contribution in [3.05, 3.63) is 53.2 Å². The van der Waals surface area contributed by atoms with Crippen molar-refractivity contribution in [3.8, 4) is 0 Å². The monoisotopic (exact) mass is 212 g/mol. The van der Waals surface area contributed by atoms with E-state index in [2.05, 4.69) is 16.7 Å². The van der Waals surface area contributed by atoms with Crippen LogP contribution < -0.4 is 0 Å². The predicted octanol–water partition coefficient (Wildman–Crippen LogP) is 3.71. The topological polar surface area (TPSA) is 42.3 Å². The molecule has 0 aliphatic heterocycles. The van der Waals surface area contributed by atoms with Gasteiger partial charge in [0, 0.05) is 11.6 Å². The van der Waals surface area contributed by atoms with E-state index in [1.54, 1.807) is 19.2 Å². The number of fused-ring (bicyclic) bond motifs is 1. The largest absolute Gasteiger partial charge is 0.256 e. The molecule has 16 heavy (non-hydrogen) atoms. The SMILES string of the molecule is C=Cc1cc2cc([C@@H](C)N=O)ccc2cn1. The summed E-state index contributed by atoms with van der Waals surface area (Å²) in [6.45, 7) is 5.46. The molecule has 0 aliphatic carbocycles. The van der Waals surface area contributed by atoms with Crippen LogP contribution in [-0.2, 0) is 0 Å². The van der Waals surface area contributed by atoms with Crippen molar-refractivity contribution >= 4 is 16.8 Å². The smallest absolute Gasteiger partial charge is 0.114 e. The number of rotatable bonds is 3. The molecule has 3 heteroatoms. The number of pyridine rings is 1. The van der Waals surface area contributed by atoms with Gasteiger partial charge in [-0.25, -0.2) is 0 Å². The lowest BCUT2D eigenvalue weighted by molar-refractivity contribution is 0.813. The highest BCUT2D eigenvalue weighted by atomic mass is 16.3. The summed E-state index contributed by atoms with van der Waals surface area (Å²) in [7, 11) is 0. The fraction of sp³-hybridized carbons (Fsp3) is 0.154. The number of hydrogen-bond donors (Lipinski definition) is 0. The molecule has 2 aromatic rings. The number of benzene rings is 1. The van der Waals surface area contributed by atoms with Gasteiger partial charge in [0.1, 0.15) is 6.04 Å². The summed E-state index contributed by atoms with van der Waals surface area (Å²) in [6.07, 6.45) is 3.50. The molecular formula is C13H12N2O. The molecule has 80 valence electrons. The number of aromatic nitrogens is 1. The minimum absolute atomic E-state index is 0.315. The molecule has 1 aromatic heterocycles. The van der Waals surface area contributed by atoms with E-state index in [1.807, 2.05) is 24.3 Å². The van der Waals surface area contributed by atoms with Crippen LogP contribution in [0.4, 0.5) is 0 Å². The summed E-state index contributed by atoms with van der Waals surface area (Å²) in [5.41, 5.74) is 1.75. The van der Waals surface area contributed by atoms with E-state index in [9.17, 15) is 4.91 Å². The van der Waals surface area contributed by atoms with E-state index in [0.717, 1.165) is 22.0 Å². The Kier molecular flexibility index (Phi) is 2.77. The van der Waals surface area contributed by atoms with E-state index < -0.39 is 0 Å². The van der Waals surface area contributed by atoms with E-state index in [0.29, 0.717) is 0 Å². The second-order valence-electron chi connectivity index (χ2n) is 3.70. The highest BCUT2D eigenvalue weighted by Gasteiger charge is 2.05. The quantitative estimate of drug-likeness (QED) is 0.728. The Hall–Kier alpha value is -2.03. The van der Waals surface area contributed by atoms with Crippen molar-refractivity contribution in [1.82, 2.24) is 4.98 Å². The second-order valence-corrected chi connectivity index (χ2v) is 3.70. The Morgan fingerprint density at radius 2 is 2.19 bits per heavy atom. The van der Waals surface area contributed by atoms with Crippen LogP contribution in [0.1, 0.15) is 24.2 Å². The van der Waals surface area contributed by atoms with E-state index in [4.69, 9.17) is 0 Å². The minimum Gasteiger partial charge on any atom is -0.256 e. The average molecular weight is 212 g/mol. The van der Waals surface area contributed by atoms with Crippen LogP contribution in [0, 0.1) is 4.91 Å². The average Bonchev–Trinajstić information content (AvgIpc) is 2.36. The Bertz CT molecular complexity index is 549. The van der Waals surface area contributed by atoms with Crippen LogP contribution >= 0.6 is 0 Å². The van der Waals surface area contributed by atoms with Gasteiger partial charge in [0.15, 0.2) is 0 Å². The highest BCUT2D eigenvalue weighted by molar-refractivity contribution is 5.83. The van der Waals surface area contributed by atoms with Gasteiger partial charge in [0.2, 0.25) is 0 Å². The molecular weight excluding hydrogens is 200 g/mol. The molecule has 1 aromatic carbocycles. The van der Waals surface area contributed by atoms with Crippen molar-refractivity contribution in [1.29, 1.82) is 0 Å². The third-order valence-electron chi connectivity index (χ3n) is 2.62. The van der Waals surface area contributed by atoms with E-state index in [-0.39, 0.29) is 6.04 Å². The first-order valence-electron chi connectivity index (χ1n) is 5.09. The third kappa shape index (κ3) is 1.84. The Morgan fingerprint density at radius 3 is 2.88 bits per heavy atom. The van der Waals surface area contributed by atoms with Crippen molar-refractivity contribution in [3.63, 3.8) is 0 Å². The van der Waals surface area contributed by atoms with Crippen LogP contribution in [-0.4, -0.2) is 4.98 Å². The van der Waals surface area contributed by atoms with Gasteiger partial charge in [0.25, 0.3) is 0 Å². The van der Waals surface area contributed by atoms with Crippen LogP contribution in [0.15, 0.2) is 42.2 Å². The molecule has 0 amide bonds. The minimum atomic E-state index is -0.315. The van der Waals surface area contributed by atoms with Crippen molar-refractivity contribution in [2.75, 3.05) is 0 Å². The van der Waals surface area contributed by atoms with Gasteiger partial charge in [-0.2, -0.15) is 4.91 Å². The van der Waals surface area contributed by atoms with Crippen molar-refractivity contribution in [2.24, 2.45) is 5.18 Å². The van der Waals surface area contributed by atoms with Gasteiger partial charge in [-0.05, 0) is 36.1 Å². The van der Waals surface area contributed by atoms with Gasteiger partial charge in [0.05, 0.1) is 5.69 Å².